The molecule has 2 unspecified atom stereocenters. The zero-order valence-electron chi connectivity index (χ0n) is 16.2. The average Bonchev–Trinajstić information content (AvgIpc) is 2.68. The minimum absolute atomic E-state index is 0.147. The smallest absolute Gasteiger partial charge is 0.225 e. The molecule has 0 aromatic heterocycles. The van der Waals surface area contributed by atoms with Crippen LogP contribution in [0.2, 0.25) is 0 Å². The van der Waals surface area contributed by atoms with Crippen LogP contribution in [0.15, 0.2) is 54.6 Å². The largest absolute Gasteiger partial charge is 0.341 e. The fraction of sp³-hybridized carbons (Fsp3) is 0.458. The number of hydrogen-bond acceptors (Lipinski definition) is 2. The predicted molar refractivity (Wildman–Crippen MR) is 110 cm³/mol. The van der Waals surface area contributed by atoms with E-state index in [0.717, 1.165) is 12.8 Å². The molecular weight excluding hydrogens is 332 g/mol. The van der Waals surface area contributed by atoms with Crippen LogP contribution < -0.4 is 5.73 Å². The maximum atomic E-state index is 13.2. The van der Waals surface area contributed by atoms with E-state index in [4.69, 9.17) is 5.73 Å². The van der Waals surface area contributed by atoms with Gasteiger partial charge in [-0.15, -0.1) is 0 Å². The second-order valence-electron chi connectivity index (χ2n) is 8.41. The van der Waals surface area contributed by atoms with Gasteiger partial charge in [-0.1, -0.05) is 61.0 Å². The van der Waals surface area contributed by atoms with Gasteiger partial charge in [0.25, 0.3) is 0 Å². The Morgan fingerprint density at radius 2 is 1.63 bits per heavy atom. The van der Waals surface area contributed by atoms with Crippen LogP contribution in [0.4, 0.5) is 0 Å². The van der Waals surface area contributed by atoms with Crippen molar-refractivity contribution in [3.63, 3.8) is 0 Å². The van der Waals surface area contributed by atoms with E-state index in [-0.39, 0.29) is 5.92 Å². The highest BCUT2D eigenvalue weighted by Gasteiger charge is 2.41. The summed E-state index contributed by atoms with van der Waals surface area (Å²) < 4.78 is 0. The normalized spacial score (nSPS) is 27.2. The van der Waals surface area contributed by atoms with Crippen LogP contribution in [0, 0.1) is 17.8 Å². The summed E-state index contributed by atoms with van der Waals surface area (Å²) >= 11 is 0. The molecule has 1 amide bonds. The molecule has 0 radical (unpaired) electrons. The van der Waals surface area contributed by atoms with Gasteiger partial charge in [-0.2, -0.15) is 0 Å². The second kappa shape index (κ2) is 7.85. The van der Waals surface area contributed by atoms with Gasteiger partial charge in [-0.05, 0) is 54.2 Å². The summed E-state index contributed by atoms with van der Waals surface area (Å²) in [5.41, 5.74) is 10.0. The summed E-state index contributed by atoms with van der Waals surface area (Å²) in [5, 5.41) is 0. The molecule has 27 heavy (non-hydrogen) atoms. The highest BCUT2D eigenvalue weighted by atomic mass is 16.2. The predicted octanol–water partition coefficient (Wildman–Crippen LogP) is 4.47. The van der Waals surface area contributed by atoms with Crippen molar-refractivity contribution >= 4 is 5.91 Å². The maximum Gasteiger partial charge on any atom is 0.225 e. The summed E-state index contributed by atoms with van der Waals surface area (Å²) in [4.78, 5) is 15.1. The zero-order chi connectivity index (χ0) is 18.8. The number of rotatable bonds is 4. The van der Waals surface area contributed by atoms with E-state index in [2.05, 4.69) is 48.5 Å². The molecule has 3 nitrogen and oxygen atoms in total. The summed E-state index contributed by atoms with van der Waals surface area (Å²) in [6.07, 6.45) is 5.62. The number of benzene rings is 2. The minimum Gasteiger partial charge on any atom is -0.341 e. The van der Waals surface area contributed by atoms with Gasteiger partial charge in [0.2, 0.25) is 5.91 Å². The van der Waals surface area contributed by atoms with E-state index in [0.29, 0.717) is 30.3 Å². The van der Waals surface area contributed by atoms with E-state index < -0.39 is 0 Å². The molecule has 2 aliphatic carbocycles. The number of hydrogen-bond donors (Lipinski definition) is 1. The molecule has 2 N–H and O–H groups in total. The standard InChI is InChI=1S/C24H30N2O/c1-26(24(27)21-14-18-11-7-12-19(15-21)23(18)25)16-20-10-5-6-13-22(20)17-8-3-2-4-9-17/h2-6,8-10,13,18-19,21,23H,7,11-12,14-16,25H2,1H3. The third-order valence-corrected chi connectivity index (χ3v) is 6.65. The number of carbonyl (C=O) groups is 1. The minimum atomic E-state index is 0.147. The van der Waals surface area contributed by atoms with Crippen LogP contribution in [0.25, 0.3) is 11.1 Å². The van der Waals surface area contributed by atoms with Crippen molar-refractivity contribution in [3.05, 3.63) is 60.2 Å². The molecule has 0 saturated heterocycles. The van der Waals surface area contributed by atoms with Crippen molar-refractivity contribution in [1.82, 2.24) is 4.90 Å². The molecule has 2 bridgehead atoms. The Kier molecular flexibility index (Phi) is 5.31. The molecule has 4 rings (SSSR count). The average molecular weight is 363 g/mol. The number of nitrogens with two attached hydrogens (primary N) is 1. The Labute approximate surface area is 162 Å². The van der Waals surface area contributed by atoms with Crippen molar-refractivity contribution in [2.75, 3.05) is 7.05 Å². The molecule has 0 aliphatic heterocycles. The molecule has 2 aromatic rings. The van der Waals surface area contributed by atoms with Gasteiger partial charge in [-0.25, -0.2) is 0 Å². The Morgan fingerprint density at radius 1 is 1.00 bits per heavy atom. The number of amides is 1. The monoisotopic (exact) mass is 362 g/mol. The topological polar surface area (TPSA) is 46.3 Å². The molecule has 2 saturated carbocycles. The number of carbonyl (C=O) groups excluding carboxylic acids is 1. The Balaban J connectivity index is 1.48. The van der Waals surface area contributed by atoms with Gasteiger partial charge in [0.1, 0.15) is 0 Å². The van der Waals surface area contributed by atoms with Gasteiger partial charge in [0, 0.05) is 25.6 Å². The van der Waals surface area contributed by atoms with E-state index >= 15 is 0 Å². The van der Waals surface area contributed by atoms with Crippen molar-refractivity contribution in [2.24, 2.45) is 23.5 Å². The Hall–Kier alpha value is -2.13. The van der Waals surface area contributed by atoms with Crippen molar-refractivity contribution in [3.8, 4) is 11.1 Å². The first kappa shape index (κ1) is 18.2. The summed E-state index contributed by atoms with van der Waals surface area (Å²) in [7, 11) is 1.95. The summed E-state index contributed by atoms with van der Waals surface area (Å²) in [6.45, 7) is 0.655. The SMILES string of the molecule is CN(Cc1ccccc1-c1ccccc1)C(=O)C1CC2CCCC(C1)C2N. The molecule has 142 valence electrons. The highest BCUT2D eigenvalue weighted by Crippen LogP contribution is 2.42. The van der Waals surface area contributed by atoms with E-state index in [1.54, 1.807) is 0 Å². The third kappa shape index (κ3) is 3.79. The number of fused-ring (bicyclic) bond motifs is 2. The van der Waals surface area contributed by atoms with Crippen LogP contribution in [-0.2, 0) is 11.3 Å². The Morgan fingerprint density at radius 3 is 2.33 bits per heavy atom. The van der Waals surface area contributed by atoms with Crippen molar-refractivity contribution < 1.29 is 4.79 Å². The maximum absolute atomic E-state index is 13.2. The Bertz CT molecular complexity index is 774. The highest BCUT2D eigenvalue weighted by molar-refractivity contribution is 5.79. The second-order valence-corrected chi connectivity index (χ2v) is 8.41. The van der Waals surface area contributed by atoms with E-state index in [1.165, 1.54) is 36.0 Å². The van der Waals surface area contributed by atoms with Crippen molar-refractivity contribution in [2.45, 2.75) is 44.7 Å². The van der Waals surface area contributed by atoms with Gasteiger partial charge >= 0.3 is 0 Å². The summed E-state index contributed by atoms with van der Waals surface area (Å²) in [6, 6.07) is 19.1. The molecule has 0 spiro atoms. The molecule has 2 fully saturated rings. The quantitative estimate of drug-likeness (QED) is 0.872. The lowest BCUT2D eigenvalue weighted by atomic mass is 9.65. The van der Waals surface area contributed by atoms with E-state index in [9.17, 15) is 4.79 Å². The van der Waals surface area contributed by atoms with Crippen LogP contribution in [-0.4, -0.2) is 23.9 Å². The molecular formula is C24H30N2O. The van der Waals surface area contributed by atoms with Gasteiger partial charge in [-0.3, -0.25) is 4.79 Å². The molecule has 0 heterocycles. The fourth-order valence-electron chi connectivity index (χ4n) is 5.19. The van der Waals surface area contributed by atoms with E-state index in [1.807, 2.05) is 18.0 Å². The van der Waals surface area contributed by atoms with Gasteiger partial charge < -0.3 is 10.6 Å². The summed E-state index contributed by atoms with van der Waals surface area (Å²) in [5.74, 6) is 1.52. The lowest BCUT2D eigenvalue weighted by molar-refractivity contribution is -0.137. The lowest BCUT2D eigenvalue weighted by Crippen LogP contribution is -2.49. The van der Waals surface area contributed by atoms with Gasteiger partial charge in [0.15, 0.2) is 0 Å². The van der Waals surface area contributed by atoms with Crippen LogP contribution >= 0.6 is 0 Å². The first-order valence-electron chi connectivity index (χ1n) is 10.3. The number of nitrogens with zero attached hydrogens (tertiary/aromatic N) is 1. The van der Waals surface area contributed by atoms with Crippen LogP contribution in [0.5, 0.6) is 0 Å². The third-order valence-electron chi connectivity index (χ3n) is 6.65. The molecule has 2 aromatic carbocycles. The van der Waals surface area contributed by atoms with Crippen LogP contribution in [0.3, 0.4) is 0 Å². The molecule has 2 aliphatic rings. The van der Waals surface area contributed by atoms with Crippen molar-refractivity contribution in [1.29, 1.82) is 0 Å². The first-order valence-corrected chi connectivity index (χ1v) is 10.3. The first-order chi connectivity index (χ1) is 13.1. The lowest BCUT2D eigenvalue weighted by Gasteiger charge is -2.44. The van der Waals surface area contributed by atoms with Crippen LogP contribution in [0.1, 0.15) is 37.7 Å². The zero-order valence-corrected chi connectivity index (χ0v) is 16.2. The fourth-order valence-corrected chi connectivity index (χ4v) is 5.19. The van der Waals surface area contributed by atoms with Gasteiger partial charge in [0.05, 0.1) is 0 Å². The molecule has 2 atom stereocenters. The molecule has 3 heteroatoms.